The van der Waals surface area contributed by atoms with Gasteiger partial charge in [-0.15, -0.1) is 0 Å². The number of rotatable bonds is 5. The lowest BCUT2D eigenvalue weighted by Crippen LogP contribution is -2.17. The second-order valence-electron chi connectivity index (χ2n) is 5.54. The molecule has 2 rings (SSSR count). The molecule has 124 valence electrons. The van der Waals surface area contributed by atoms with Crippen LogP contribution in [0.5, 0.6) is 0 Å². The Morgan fingerprint density at radius 3 is 2.48 bits per heavy atom. The van der Waals surface area contributed by atoms with Crippen molar-refractivity contribution in [1.29, 1.82) is 0 Å². The highest BCUT2D eigenvalue weighted by molar-refractivity contribution is 7.92. The zero-order valence-electron chi connectivity index (χ0n) is 13.1. The fourth-order valence-electron chi connectivity index (χ4n) is 2.13. The molecule has 0 atom stereocenters. The van der Waals surface area contributed by atoms with Crippen molar-refractivity contribution in [3.05, 3.63) is 59.2 Å². The summed E-state index contributed by atoms with van der Waals surface area (Å²) in [4.78, 5) is 1.23. The lowest BCUT2D eigenvalue weighted by Gasteiger charge is -2.15. The van der Waals surface area contributed by atoms with Crippen LogP contribution in [0, 0.1) is 18.6 Å². The smallest absolute Gasteiger partial charge is 0.264 e. The van der Waals surface area contributed by atoms with Crippen LogP contribution in [0.3, 0.4) is 0 Å². The monoisotopic (exact) mass is 340 g/mol. The maximum Gasteiger partial charge on any atom is 0.264 e. The fraction of sp³-hybridized carbons (Fsp3) is 0.250. The number of hydrogen-bond donors (Lipinski definition) is 1. The van der Waals surface area contributed by atoms with E-state index < -0.39 is 26.6 Å². The van der Waals surface area contributed by atoms with Crippen LogP contribution in [0.2, 0.25) is 0 Å². The molecule has 0 heterocycles. The number of sulfonamides is 1. The van der Waals surface area contributed by atoms with Gasteiger partial charge in [0.05, 0.1) is 5.69 Å². The summed E-state index contributed by atoms with van der Waals surface area (Å²) in [5, 5.41) is 0. The maximum atomic E-state index is 13.8. The van der Waals surface area contributed by atoms with Crippen molar-refractivity contribution >= 4 is 15.7 Å². The number of halogens is 2. The first-order valence-corrected chi connectivity index (χ1v) is 8.40. The molecule has 0 bridgehead atoms. The molecule has 4 nitrogen and oxygen atoms in total. The Labute approximate surface area is 134 Å². The highest BCUT2D eigenvalue weighted by atomic mass is 32.2. The third-order valence-corrected chi connectivity index (χ3v) is 4.63. The molecular weight excluding hydrogens is 322 g/mol. The lowest BCUT2D eigenvalue weighted by atomic mass is 10.1. The fourth-order valence-corrected chi connectivity index (χ4v) is 3.34. The lowest BCUT2D eigenvalue weighted by molar-refractivity contribution is 0.402. The number of hydrogen-bond acceptors (Lipinski definition) is 3. The third-order valence-electron chi connectivity index (χ3n) is 3.25. The van der Waals surface area contributed by atoms with Gasteiger partial charge < -0.3 is 4.90 Å². The van der Waals surface area contributed by atoms with Gasteiger partial charge in [-0.3, -0.25) is 4.72 Å². The molecule has 23 heavy (non-hydrogen) atoms. The van der Waals surface area contributed by atoms with E-state index in [-0.39, 0.29) is 0 Å². The molecule has 0 spiro atoms. The van der Waals surface area contributed by atoms with E-state index in [4.69, 9.17) is 0 Å². The van der Waals surface area contributed by atoms with Gasteiger partial charge in [-0.25, -0.2) is 17.2 Å². The minimum atomic E-state index is -4.21. The minimum Gasteiger partial charge on any atom is -0.305 e. The van der Waals surface area contributed by atoms with Gasteiger partial charge in [0.2, 0.25) is 0 Å². The molecule has 0 aliphatic heterocycles. The van der Waals surface area contributed by atoms with Crippen molar-refractivity contribution < 1.29 is 17.2 Å². The Balaban J connectivity index is 2.39. The summed E-state index contributed by atoms with van der Waals surface area (Å²) in [6.45, 7) is 2.36. The first-order chi connectivity index (χ1) is 10.7. The van der Waals surface area contributed by atoms with Crippen LogP contribution in [0.1, 0.15) is 11.1 Å². The molecule has 0 fully saturated rings. The Morgan fingerprint density at radius 2 is 1.83 bits per heavy atom. The molecule has 0 aliphatic carbocycles. The van der Waals surface area contributed by atoms with E-state index in [9.17, 15) is 17.2 Å². The predicted molar refractivity (Wildman–Crippen MR) is 85.7 cm³/mol. The van der Waals surface area contributed by atoms with Crippen molar-refractivity contribution in [2.75, 3.05) is 18.8 Å². The van der Waals surface area contributed by atoms with E-state index >= 15 is 0 Å². The maximum absolute atomic E-state index is 13.8. The molecule has 2 aromatic rings. The molecule has 1 N–H and O–H groups in total. The van der Waals surface area contributed by atoms with Gasteiger partial charge in [0, 0.05) is 6.54 Å². The Kier molecular flexibility index (Phi) is 5.01. The van der Waals surface area contributed by atoms with Crippen molar-refractivity contribution in [3.63, 3.8) is 0 Å². The van der Waals surface area contributed by atoms with Crippen molar-refractivity contribution in [3.8, 4) is 0 Å². The van der Waals surface area contributed by atoms with E-state index in [1.807, 2.05) is 25.1 Å². The van der Waals surface area contributed by atoms with Crippen LogP contribution in [0.4, 0.5) is 14.5 Å². The van der Waals surface area contributed by atoms with Crippen LogP contribution in [0.15, 0.2) is 41.3 Å². The zero-order chi connectivity index (χ0) is 17.2. The summed E-state index contributed by atoms with van der Waals surface area (Å²) in [6, 6.07) is 8.40. The molecule has 0 amide bonds. The summed E-state index contributed by atoms with van der Waals surface area (Å²) in [7, 11) is -0.424. The second kappa shape index (κ2) is 6.64. The quantitative estimate of drug-likeness (QED) is 0.910. The van der Waals surface area contributed by atoms with E-state index in [1.54, 1.807) is 19.1 Å². The Hall–Kier alpha value is -1.99. The first kappa shape index (κ1) is 17.4. The molecule has 0 saturated heterocycles. The molecule has 0 radical (unpaired) electrons. The minimum absolute atomic E-state index is 0.341. The molecule has 0 aromatic heterocycles. The van der Waals surface area contributed by atoms with Crippen LogP contribution in [0.25, 0.3) is 0 Å². The van der Waals surface area contributed by atoms with Gasteiger partial charge in [-0.05, 0) is 50.3 Å². The SMILES string of the molecule is Cc1ccc(CN(C)C)cc1NS(=O)(=O)c1cccc(F)c1F. The summed E-state index contributed by atoms with van der Waals surface area (Å²) >= 11 is 0. The van der Waals surface area contributed by atoms with Crippen molar-refractivity contribution in [2.24, 2.45) is 0 Å². The van der Waals surface area contributed by atoms with Gasteiger partial charge in [0.15, 0.2) is 11.6 Å². The average molecular weight is 340 g/mol. The van der Waals surface area contributed by atoms with Crippen LogP contribution >= 0.6 is 0 Å². The van der Waals surface area contributed by atoms with Crippen LogP contribution in [-0.2, 0) is 16.6 Å². The van der Waals surface area contributed by atoms with Gasteiger partial charge in [0.1, 0.15) is 4.90 Å². The van der Waals surface area contributed by atoms with Gasteiger partial charge in [-0.1, -0.05) is 18.2 Å². The summed E-state index contributed by atoms with van der Waals surface area (Å²) < 4.78 is 54.0. The topological polar surface area (TPSA) is 49.4 Å². The van der Waals surface area contributed by atoms with E-state index in [0.29, 0.717) is 17.8 Å². The van der Waals surface area contributed by atoms with Crippen LogP contribution in [-0.4, -0.2) is 27.4 Å². The molecule has 0 aliphatic rings. The molecule has 7 heteroatoms. The van der Waals surface area contributed by atoms with Crippen molar-refractivity contribution in [1.82, 2.24) is 4.90 Å². The summed E-state index contributed by atoms with van der Waals surface area (Å²) in [5.74, 6) is -2.59. The van der Waals surface area contributed by atoms with E-state index in [1.165, 1.54) is 0 Å². The summed E-state index contributed by atoms with van der Waals surface area (Å²) in [6.07, 6.45) is 0. The molecular formula is C16H18F2N2O2S. The normalized spacial score (nSPS) is 11.7. The van der Waals surface area contributed by atoms with Crippen LogP contribution < -0.4 is 4.72 Å². The number of benzene rings is 2. The average Bonchev–Trinajstić information content (AvgIpc) is 2.44. The van der Waals surface area contributed by atoms with Crippen molar-refractivity contribution in [2.45, 2.75) is 18.4 Å². The molecule has 0 saturated carbocycles. The number of aryl methyl sites for hydroxylation is 1. The summed E-state index contributed by atoms with van der Waals surface area (Å²) in [5.41, 5.74) is 1.93. The predicted octanol–water partition coefficient (Wildman–Crippen LogP) is 3.14. The Morgan fingerprint density at radius 1 is 1.13 bits per heavy atom. The van der Waals surface area contributed by atoms with Gasteiger partial charge >= 0.3 is 0 Å². The highest BCUT2D eigenvalue weighted by Gasteiger charge is 2.22. The molecule has 0 unspecified atom stereocenters. The number of nitrogens with zero attached hydrogens (tertiary/aromatic N) is 1. The standard InChI is InChI=1S/C16H18F2N2O2S/c1-11-7-8-12(10-20(2)3)9-14(11)19-23(21,22)15-6-4-5-13(17)16(15)18/h4-9,19H,10H2,1-3H3. The van der Waals surface area contributed by atoms with E-state index in [2.05, 4.69) is 4.72 Å². The van der Waals surface area contributed by atoms with Gasteiger partial charge in [-0.2, -0.15) is 0 Å². The Bertz CT molecular complexity index is 821. The first-order valence-electron chi connectivity index (χ1n) is 6.92. The largest absolute Gasteiger partial charge is 0.305 e. The zero-order valence-corrected chi connectivity index (χ0v) is 13.9. The second-order valence-corrected chi connectivity index (χ2v) is 7.20. The van der Waals surface area contributed by atoms with E-state index in [0.717, 1.165) is 23.8 Å². The van der Waals surface area contributed by atoms with Gasteiger partial charge in [0.25, 0.3) is 10.0 Å². The number of nitrogens with one attached hydrogen (secondary N) is 1. The molecule has 2 aromatic carbocycles. The number of anilines is 1. The highest BCUT2D eigenvalue weighted by Crippen LogP contribution is 2.24. The third kappa shape index (κ3) is 4.05.